The molecule has 0 bridgehead atoms. The summed E-state index contributed by atoms with van der Waals surface area (Å²) in [5, 5.41) is 0. The summed E-state index contributed by atoms with van der Waals surface area (Å²) in [7, 11) is 0. The number of rotatable bonds is 9. The van der Waals surface area contributed by atoms with Crippen molar-refractivity contribution in [2.24, 2.45) is 5.73 Å². The van der Waals surface area contributed by atoms with Crippen LogP contribution < -0.4 is 5.73 Å². The average Bonchev–Trinajstić information content (AvgIpc) is 2.45. The smallest absolute Gasteiger partial charge is 0.0221 e. The Balaban J connectivity index is 3.02. The number of hydrogen-bond acceptors (Lipinski definition) is 1. The molecule has 2 N–H and O–H groups in total. The van der Waals surface area contributed by atoms with Crippen LogP contribution in [0.2, 0.25) is 0 Å². The van der Waals surface area contributed by atoms with E-state index in [-0.39, 0.29) is 5.54 Å². The number of hydrogen-bond donors (Lipinski definition) is 1. The van der Waals surface area contributed by atoms with E-state index in [1.807, 2.05) is 0 Å². The number of unbranched alkanes of at least 4 members (excludes halogenated alkanes) is 2. The van der Waals surface area contributed by atoms with Crippen molar-refractivity contribution in [1.29, 1.82) is 0 Å². The monoisotopic (exact) mass is 275 g/mol. The summed E-state index contributed by atoms with van der Waals surface area (Å²) in [4.78, 5) is 0. The highest BCUT2D eigenvalue weighted by Crippen LogP contribution is 2.37. The van der Waals surface area contributed by atoms with Crippen molar-refractivity contribution in [2.45, 2.75) is 84.1 Å². The van der Waals surface area contributed by atoms with Crippen molar-refractivity contribution in [3.05, 3.63) is 35.4 Å². The van der Waals surface area contributed by atoms with Crippen molar-refractivity contribution in [2.75, 3.05) is 0 Å². The summed E-state index contributed by atoms with van der Waals surface area (Å²) < 4.78 is 0. The molecular weight excluding hydrogens is 242 g/mol. The lowest BCUT2D eigenvalue weighted by molar-refractivity contribution is 0.284. The van der Waals surface area contributed by atoms with E-state index < -0.39 is 0 Å². The van der Waals surface area contributed by atoms with Gasteiger partial charge >= 0.3 is 0 Å². The first-order valence-corrected chi connectivity index (χ1v) is 8.42. The lowest BCUT2D eigenvalue weighted by Gasteiger charge is -2.38. The van der Waals surface area contributed by atoms with Gasteiger partial charge in [0.25, 0.3) is 0 Å². The predicted octanol–water partition coefficient (Wildman–Crippen LogP) is 5.57. The molecule has 0 amide bonds. The van der Waals surface area contributed by atoms with Gasteiger partial charge < -0.3 is 5.73 Å². The first kappa shape index (κ1) is 17.2. The van der Waals surface area contributed by atoms with E-state index in [1.54, 1.807) is 0 Å². The van der Waals surface area contributed by atoms with Crippen LogP contribution in [0.15, 0.2) is 24.3 Å². The Labute approximate surface area is 126 Å². The third-order valence-electron chi connectivity index (χ3n) is 4.64. The van der Waals surface area contributed by atoms with Crippen LogP contribution in [0.3, 0.4) is 0 Å². The van der Waals surface area contributed by atoms with Gasteiger partial charge in [0.2, 0.25) is 0 Å². The van der Waals surface area contributed by atoms with Gasteiger partial charge in [0.05, 0.1) is 0 Å². The molecule has 2 atom stereocenters. The molecule has 0 heterocycles. The predicted molar refractivity (Wildman–Crippen MR) is 90.2 cm³/mol. The Morgan fingerprint density at radius 1 is 1.10 bits per heavy atom. The van der Waals surface area contributed by atoms with Gasteiger partial charge in [0.1, 0.15) is 0 Å². The van der Waals surface area contributed by atoms with E-state index in [2.05, 4.69) is 52.0 Å². The molecule has 0 saturated carbocycles. The quantitative estimate of drug-likeness (QED) is 0.626. The number of benzene rings is 1. The van der Waals surface area contributed by atoms with Crippen molar-refractivity contribution >= 4 is 0 Å². The summed E-state index contributed by atoms with van der Waals surface area (Å²) in [5.74, 6) is 0.499. The Morgan fingerprint density at radius 3 is 2.35 bits per heavy atom. The third kappa shape index (κ3) is 4.63. The fourth-order valence-corrected chi connectivity index (χ4v) is 3.18. The Hall–Kier alpha value is -0.820. The molecular formula is C19H33N. The average molecular weight is 275 g/mol. The van der Waals surface area contributed by atoms with Gasteiger partial charge in [-0.1, -0.05) is 76.3 Å². The van der Waals surface area contributed by atoms with E-state index >= 15 is 0 Å². The van der Waals surface area contributed by atoms with Gasteiger partial charge in [-0.25, -0.2) is 0 Å². The molecule has 1 aromatic rings. The van der Waals surface area contributed by atoms with Crippen LogP contribution in [-0.4, -0.2) is 5.54 Å². The Bertz CT molecular complexity index is 385. The van der Waals surface area contributed by atoms with Gasteiger partial charge in [-0.15, -0.1) is 0 Å². The highest BCUT2D eigenvalue weighted by atomic mass is 14.8. The van der Waals surface area contributed by atoms with E-state index in [1.165, 1.54) is 43.2 Å². The van der Waals surface area contributed by atoms with Gasteiger partial charge in [-0.2, -0.15) is 0 Å². The van der Waals surface area contributed by atoms with E-state index in [4.69, 9.17) is 5.73 Å². The lowest BCUT2D eigenvalue weighted by Crippen LogP contribution is -2.45. The van der Waals surface area contributed by atoms with Crippen LogP contribution in [0, 0.1) is 6.92 Å². The second-order valence-electron chi connectivity index (χ2n) is 6.30. The number of aryl methyl sites for hydroxylation is 1. The molecule has 0 aliphatic carbocycles. The van der Waals surface area contributed by atoms with Gasteiger partial charge in [-0.3, -0.25) is 0 Å². The topological polar surface area (TPSA) is 26.0 Å². The summed E-state index contributed by atoms with van der Waals surface area (Å²) in [6.07, 6.45) is 8.40. The molecule has 0 spiro atoms. The maximum Gasteiger partial charge on any atom is 0.0221 e. The van der Waals surface area contributed by atoms with Gasteiger partial charge in [0, 0.05) is 11.5 Å². The molecule has 1 unspecified atom stereocenters. The van der Waals surface area contributed by atoms with E-state index in [9.17, 15) is 0 Å². The standard InChI is InChI=1S/C19H33N/c1-5-8-13-18(17-12-10-11-16(4)15-17)19(20,7-3)14-9-6-2/h10-12,15,18H,5-9,13-14,20H2,1-4H3/t18-,19?/m0/s1. The van der Waals surface area contributed by atoms with E-state index in [0.29, 0.717) is 5.92 Å². The summed E-state index contributed by atoms with van der Waals surface area (Å²) in [6, 6.07) is 8.97. The van der Waals surface area contributed by atoms with Crippen LogP contribution in [0.1, 0.15) is 82.8 Å². The zero-order valence-corrected chi connectivity index (χ0v) is 13.9. The molecule has 20 heavy (non-hydrogen) atoms. The zero-order valence-electron chi connectivity index (χ0n) is 13.9. The molecule has 0 radical (unpaired) electrons. The molecule has 114 valence electrons. The maximum atomic E-state index is 6.85. The third-order valence-corrected chi connectivity index (χ3v) is 4.64. The summed E-state index contributed by atoms with van der Waals surface area (Å²) >= 11 is 0. The molecule has 1 aromatic carbocycles. The van der Waals surface area contributed by atoms with Crippen molar-refractivity contribution in [3.63, 3.8) is 0 Å². The van der Waals surface area contributed by atoms with Crippen molar-refractivity contribution in [1.82, 2.24) is 0 Å². The Kier molecular flexibility index (Phi) is 7.29. The Morgan fingerprint density at radius 2 is 1.80 bits per heavy atom. The van der Waals surface area contributed by atoms with Crippen molar-refractivity contribution < 1.29 is 0 Å². The molecule has 0 aliphatic rings. The largest absolute Gasteiger partial charge is 0.325 e. The summed E-state index contributed by atoms with van der Waals surface area (Å²) in [6.45, 7) is 8.95. The van der Waals surface area contributed by atoms with Crippen molar-refractivity contribution in [3.8, 4) is 0 Å². The minimum atomic E-state index is -0.0427. The highest BCUT2D eigenvalue weighted by Gasteiger charge is 2.33. The van der Waals surface area contributed by atoms with Crippen LogP contribution in [0.25, 0.3) is 0 Å². The number of nitrogens with two attached hydrogens (primary N) is 1. The molecule has 0 fully saturated rings. The molecule has 1 heteroatoms. The van der Waals surface area contributed by atoms with Crippen LogP contribution in [-0.2, 0) is 0 Å². The van der Waals surface area contributed by atoms with Crippen LogP contribution >= 0.6 is 0 Å². The first-order chi connectivity index (χ1) is 9.57. The fraction of sp³-hybridized carbons (Fsp3) is 0.684. The first-order valence-electron chi connectivity index (χ1n) is 8.42. The SMILES string of the molecule is CCCC[C@@H](c1cccc(C)c1)C(N)(CC)CCCC. The van der Waals surface area contributed by atoms with Crippen LogP contribution in [0.5, 0.6) is 0 Å². The molecule has 1 nitrogen and oxygen atoms in total. The zero-order chi connectivity index (χ0) is 15.0. The second kappa shape index (κ2) is 8.46. The van der Waals surface area contributed by atoms with Gasteiger partial charge in [0.15, 0.2) is 0 Å². The fourth-order valence-electron chi connectivity index (χ4n) is 3.18. The molecule has 0 aromatic heterocycles. The highest BCUT2D eigenvalue weighted by molar-refractivity contribution is 5.28. The van der Waals surface area contributed by atoms with Gasteiger partial charge in [-0.05, 0) is 31.7 Å². The van der Waals surface area contributed by atoms with E-state index in [0.717, 1.165) is 12.8 Å². The lowest BCUT2D eigenvalue weighted by atomic mass is 9.72. The van der Waals surface area contributed by atoms with Crippen LogP contribution in [0.4, 0.5) is 0 Å². The molecule has 0 aliphatic heterocycles. The minimum absolute atomic E-state index is 0.0427. The summed E-state index contributed by atoms with van der Waals surface area (Å²) in [5.41, 5.74) is 9.60. The normalized spacial score (nSPS) is 15.8. The second-order valence-corrected chi connectivity index (χ2v) is 6.30. The molecule has 1 rings (SSSR count). The minimum Gasteiger partial charge on any atom is -0.325 e. The maximum absolute atomic E-state index is 6.85. The molecule has 0 saturated heterocycles.